The molecule has 4 nitrogen and oxygen atoms in total. The molecule has 3 aliphatic rings. The number of amides is 1. The molecule has 2 N–H and O–H groups in total. The Labute approximate surface area is 109 Å². The fourth-order valence-corrected chi connectivity index (χ4v) is 4.14. The van der Waals surface area contributed by atoms with Gasteiger partial charge in [-0.25, -0.2) is 0 Å². The topological polar surface area (TPSA) is 44.4 Å². The highest BCUT2D eigenvalue weighted by Crippen LogP contribution is 2.36. The third-order valence-corrected chi connectivity index (χ3v) is 5.12. The molecule has 1 amide bonds. The lowest BCUT2D eigenvalue weighted by Gasteiger charge is -2.50. The van der Waals surface area contributed by atoms with E-state index in [1.165, 1.54) is 19.4 Å². The molecule has 0 aliphatic carbocycles. The lowest BCUT2D eigenvalue weighted by molar-refractivity contribution is -0.125. The van der Waals surface area contributed by atoms with Gasteiger partial charge in [-0.3, -0.25) is 9.69 Å². The summed E-state index contributed by atoms with van der Waals surface area (Å²) < 4.78 is 0. The summed E-state index contributed by atoms with van der Waals surface area (Å²) in [6.45, 7) is 8.96. The van der Waals surface area contributed by atoms with Crippen LogP contribution in [0.15, 0.2) is 0 Å². The number of rotatable bonds is 1. The number of hydrogen-bond donors (Lipinski definition) is 2. The van der Waals surface area contributed by atoms with Crippen LogP contribution in [0, 0.1) is 11.3 Å². The number of piperidine rings is 2. The number of likely N-dealkylation sites (tertiary alicyclic amines) is 1. The summed E-state index contributed by atoms with van der Waals surface area (Å²) in [5.74, 6) is 0.542. The van der Waals surface area contributed by atoms with Gasteiger partial charge in [-0.15, -0.1) is 0 Å². The molecule has 3 heterocycles. The zero-order valence-electron chi connectivity index (χ0n) is 11.5. The highest BCUT2D eigenvalue weighted by molar-refractivity contribution is 5.82. The van der Waals surface area contributed by atoms with Gasteiger partial charge in [0.2, 0.25) is 5.91 Å². The molecule has 3 saturated heterocycles. The van der Waals surface area contributed by atoms with E-state index in [-0.39, 0.29) is 11.8 Å². The second-order valence-electron chi connectivity index (χ2n) is 6.77. The third-order valence-electron chi connectivity index (χ3n) is 5.12. The zero-order chi connectivity index (χ0) is 12.8. The van der Waals surface area contributed by atoms with Crippen LogP contribution < -0.4 is 10.6 Å². The number of carbonyl (C=O) groups excluding carboxylic acids is 1. The smallest absolute Gasteiger partial charge is 0.224 e. The Morgan fingerprint density at radius 2 is 2.17 bits per heavy atom. The summed E-state index contributed by atoms with van der Waals surface area (Å²) in [5, 5.41) is 6.57. The Morgan fingerprint density at radius 3 is 2.94 bits per heavy atom. The monoisotopic (exact) mass is 251 g/mol. The van der Waals surface area contributed by atoms with E-state index in [4.69, 9.17) is 0 Å². The summed E-state index contributed by atoms with van der Waals surface area (Å²) in [6.07, 6.45) is 3.47. The molecule has 0 radical (unpaired) electrons. The zero-order valence-corrected chi connectivity index (χ0v) is 11.5. The van der Waals surface area contributed by atoms with Gasteiger partial charge in [-0.05, 0) is 37.8 Å². The number of carbonyl (C=O) groups is 1. The van der Waals surface area contributed by atoms with Crippen LogP contribution in [0.25, 0.3) is 0 Å². The minimum absolute atomic E-state index is 0.254. The minimum Gasteiger partial charge on any atom is -0.354 e. The number of fused-ring (bicyclic) bond motifs is 1. The molecule has 3 aliphatic heterocycles. The van der Waals surface area contributed by atoms with Crippen molar-refractivity contribution in [2.24, 2.45) is 11.3 Å². The average Bonchev–Trinajstić information content (AvgIpc) is 2.71. The number of nitrogens with one attached hydrogen (secondary N) is 2. The van der Waals surface area contributed by atoms with E-state index in [0.29, 0.717) is 17.5 Å². The van der Waals surface area contributed by atoms with E-state index in [2.05, 4.69) is 29.4 Å². The second kappa shape index (κ2) is 4.49. The maximum Gasteiger partial charge on any atom is 0.224 e. The summed E-state index contributed by atoms with van der Waals surface area (Å²) in [4.78, 5) is 14.5. The predicted octanol–water partition coefficient (Wildman–Crippen LogP) is 0.585. The summed E-state index contributed by atoms with van der Waals surface area (Å²) >= 11 is 0. The standard InChI is InChI=1S/C14H25N3O/c1-14(2)9-15-6-5-12(14)17-7-3-4-10-11(17)8-16-13(10)18/h10-12,15H,3-9H2,1-2H3,(H,16,18). The van der Waals surface area contributed by atoms with Gasteiger partial charge in [0.1, 0.15) is 0 Å². The number of hydrogen-bond acceptors (Lipinski definition) is 3. The lowest BCUT2D eigenvalue weighted by Crippen LogP contribution is -2.60. The van der Waals surface area contributed by atoms with Crippen molar-refractivity contribution in [1.29, 1.82) is 0 Å². The van der Waals surface area contributed by atoms with E-state index in [0.717, 1.165) is 26.1 Å². The van der Waals surface area contributed by atoms with Crippen LogP contribution in [-0.4, -0.2) is 49.1 Å². The van der Waals surface area contributed by atoms with Crippen LogP contribution in [0.2, 0.25) is 0 Å². The Bertz CT molecular complexity index is 342. The molecule has 3 atom stereocenters. The van der Waals surface area contributed by atoms with Gasteiger partial charge in [0, 0.05) is 25.2 Å². The van der Waals surface area contributed by atoms with Crippen LogP contribution in [0.3, 0.4) is 0 Å². The quantitative estimate of drug-likeness (QED) is 0.717. The normalized spacial score (nSPS) is 40.3. The van der Waals surface area contributed by atoms with Crippen molar-refractivity contribution in [3.05, 3.63) is 0 Å². The van der Waals surface area contributed by atoms with Gasteiger partial charge >= 0.3 is 0 Å². The average molecular weight is 251 g/mol. The first-order valence-corrected chi connectivity index (χ1v) is 7.34. The van der Waals surface area contributed by atoms with E-state index in [1.54, 1.807) is 0 Å². The molecule has 0 aromatic carbocycles. The van der Waals surface area contributed by atoms with Gasteiger partial charge in [0.25, 0.3) is 0 Å². The number of nitrogens with zero attached hydrogens (tertiary/aromatic N) is 1. The molecule has 3 fully saturated rings. The highest BCUT2D eigenvalue weighted by Gasteiger charge is 2.46. The van der Waals surface area contributed by atoms with Gasteiger partial charge in [-0.1, -0.05) is 13.8 Å². The van der Waals surface area contributed by atoms with Crippen molar-refractivity contribution >= 4 is 5.91 Å². The molecule has 18 heavy (non-hydrogen) atoms. The summed E-state index contributed by atoms with van der Waals surface area (Å²) in [7, 11) is 0. The molecule has 3 unspecified atom stereocenters. The molecule has 0 aromatic rings. The Balaban J connectivity index is 1.80. The maximum atomic E-state index is 11.8. The fraction of sp³-hybridized carbons (Fsp3) is 0.929. The molecule has 3 rings (SSSR count). The van der Waals surface area contributed by atoms with E-state index < -0.39 is 0 Å². The van der Waals surface area contributed by atoms with Crippen LogP contribution in [0.1, 0.15) is 33.1 Å². The molecule has 0 saturated carbocycles. The SMILES string of the molecule is CC1(C)CNCCC1N1CCCC2C(=O)NCC21. The molecule has 0 spiro atoms. The predicted molar refractivity (Wildman–Crippen MR) is 71.3 cm³/mol. The van der Waals surface area contributed by atoms with Gasteiger partial charge < -0.3 is 10.6 Å². The van der Waals surface area contributed by atoms with Crippen LogP contribution in [0.4, 0.5) is 0 Å². The summed E-state index contributed by atoms with van der Waals surface area (Å²) in [6, 6.07) is 1.08. The summed E-state index contributed by atoms with van der Waals surface area (Å²) in [5.41, 5.74) is 0.311. The molecule has 0 bridgehead atoms. The van der Waals surface area contributed by atoms with Crippen LogP contribution in [-0.2, 0) is 4.79 Å². The molecule has 102 valence electrons. The largest absolute Gasteiger partial charge is 0.354 e. The van der Waals surface area contributed by atoms with Crippen molar-refractivity contribution in [1.82, 2.24) is 15.5 Å². The molecule has 4 heteroatoms. The van der Waals surface area contributed by atoms with Crippen molar-refractivity contribution in [3.8, 4) is 0 Å². The van der Waals surface area contributed by atoms with Crippen molar-refractivity contribution in [3.63, 3.8) is 0 Å². The Morgan fingerprint density at radius 1 is 1.33 bits per heavy atom. The fourth-order valence-electron chi connectivity index (χ4n) is 4.14. The van der Waals surface area contributed by atoms with Crippen LogP contribution in [0.5, 0.6) is 0 Å². The van der Waals surface area contributed by atoms with E-state index >= 15 is 0 Å². The van der Waals surface area contributed by atoms with Crippen molar-refractivity contribution in [2.75, 3.05) is 26.2 Å². The van der Waals surface area contributed by atoms with Gasteiger partial charge in [-0.2, -0.15) is 0 Å². The van der Waals surface area contributed by atoms with E-state index in [9.17, 15) is 4.79 Å². The van der Waals surface area contributed by atoms with Crippen molar-refractivity contribution < 1.29 is 4.79 Å². The molecular weight excluding hydrogens is 226 g/mol. The first-order valence-electron chi connectivity index (χ1n) is 7.34. The van der Waals surface area contributed by atoms with E-state index in [1.807, 2.05) is 0 Å². The van der Waals surface area contributed by atoms with Gasteiger partial charge in [0.05, 0.1) is 5.92 Å². The first kappa shape index (κ1) is 12.4. The van der Waals surface area contributed by atoms with Crippen LogP contribution >= 0.6 is 0 Å². The lowest BCUT2D eigenvalue weighted by atomic mass is 9.76. The Kier molecular flexibility index (Phi) is 3.10. The first-order chi connectivity index (χ1) is 8.59. The Hall–Kier alpha value is -0.610. The minimum atomic E-state index is 0.254. The van der Waals surface area contributed by atoms with Gasteiger partial charge in [0.15, 0.2) is 0 Å². The molecule has 0 aromatic heterocycles. The highest BCUT2D eigenvalue weighted by atomic mass is 16.2. The third kappa shape index (κ3) is 1.95. The van der Waals surface area contributed by atoms with Crippen molar-refractivity contribution in [2.45, 2.75) is 45.2 Å². The maximum absolute atomic E-state index is 11.8. The molecular formula is C14H25N3O. The second-order valence-corrected chi connectivity index (χ2v) is 6.77.